The lowest BCUT2D eigenvalue weighted by Gasteiger charge is -2.37. The lowest BCUT2D eigenvalue weighted by Crippen LogP contribution is -2.49. The lowest BCUT2D eigenvalue weighted by atomic mass is 10.1. The third kappa shape index (κ3) is 4.55. The quantitative estimate of drug-likeness (QED) is 0.506. The summed E-state index contributed by atoms with van der Waals surface area (Å²) >= 11 is 3.36. The van der Waals surface area contributed by atoms with Gasteiger partial charge in [-0.3, -0.25) is 4.79 Å². The van der Waals surface area contributed by atoms with Crippen LogP contribution < -0.4 is 4.90 Å². The number of rotatable bonds is 5. The minimum absolute atomic E-state index is 0.133. The van der Waals surface area contributed by atoms with Crippen LogP contribution in [0.1, 0.15) is 32.2 Å². The molecule has 4 rings (SSSR count). The Hall–Kier alpha value is -2.31. The van der Waals surface area contributed by atoms with Crippen LogP contribution in [0.2, 0.25) is 0 Å². The summed E-state index contributed by atoms with van der Waals surface area (Å²) in [6.45, 7) is 9.58. The normalized spacial score (nSPS) is 14.2. The summed E-state index contributed by atoms with van der Waals surface area (Å²) in [6.07, 6.45) is 0. The van der Waals surface area contributed by atoms with Crippen LogP contribution in [0, 0.1) is 20.8 Å². The van der Waals surface area contributed by atoms with E-state index in [9.17, 15) is 4.79 Å². The highest BCUT2D eigenvalue weighted by Crippen LogP contribution is 2.29. The Morgan fingerprint density at radius 1 is 1.03 bits per heavy atom. The van der Waals surface area contributed by atoms with Crippen molar-refractivity contribution in [2.75, 3.05) is 31.1 Å². The van der Waals surface area contributed by atoms with E-state index in [4.69, 9.17) is 0 Å². The zero-order valence-corrected chi connectivity index (χ0v) is 19.4. The van der Waals surface area contributed by atoms with Crippen LogP contribution in [0.4, 0.5) is 5.69 Å². The SMILES string of the molecule is Cc1nc(CSc2ccccc2C(=O)N2CCN(c3cccc(C)c3C)CC2)cs1. The number of carbonyl (C=O) groups excluding carboxylic acids is 1. The molecule has 0 aliphatic carbocycles. The number of hydrogen-bond donors (Lipinski definition) is 0. The Bertz CT molecular complexity index is 1040. The van der Waals surface area contributed by atoms with E-state index in [1.165, 1.54) is 16.8 Å². The predicted molar refractivity (Wildman–Crippen MR) is 127 cm³/mol. The highest BCUT2D eigenvalue weighted by atomic mass is 32.2. The van der Waals surface area contributed by atoms with Crippen LogP contribution in [0.15, 0.2) is 52.7 Å². The molecule has 2 aromatic carbocycles. The first-order valence-corrected chi connectivity index (χ1v) is 12.1. The number of anilines is 1. The van der Waals surface area contributed by atoms with Gasteiger partial charge >= 0.3 is 0 Å². The topological polar surface area (TPSA) is 36.4 Å². The monoisotopic (exact) mass is 437 g/mol. The molecule has 1 amide bonds. The van der Waals surface area contributed by atoms with Crippen molar-refractivity contribution < 1.29 is 4.79 Å². The van der Waals surface area contributed by atoms with Crippen LogP contribution in [-0.4, -0.2) is 42.0 Å². The van der Waals surface area contributed by atoms with E-state index in [1.807, 2.05) is 36.1 Å². The van der Waals surface area contributed by atoms with E-state index in [0.717, 1.165) is 53.1 Å². The summed E-state index contributed by atoms with van der Waals surface area (Å²) < 4.78 is 0. The van der Waals surface area contributed by atoms with Gasteiger partial charge in [-0.2, -0.15) is 0 Å². The van der Waals surface area contributed by atoms with Crippen molar-refractivity contribution in [1.82, 2.24) is 9.88 Å². The number of aryl methyl sites for hydroxylation is 2. The van der Waals surface area contributed by atoms with E-state index >= 15 is 0 Å². The third-order valence-electron chi connectivity index (χ3n) is 5.64. The number of thioether (sulfide) groups is 1. The molecule has 0 unspecified atom stereocenters. The standard InChI is InChI=1S/C24H27N3OS2/c1-17-7-6-9-22(18(17)2)26-11-13-27(14-12-26)24(28)21-8-4-5-10-23(21)30-16-20-15-29-19(3)25-20/h4-10,15H,11-14,16H2,1-3H3. The summed E-state index contributed by atoms with van der Waals surface area (Å²) in [5.41, 5.74) is 5.81. The lowest BCUT2D eigenvalue weighted by molar-refractivity contribution is 0.0743. The van der Waals surface area contributed by atoms with Crippen molar-refractivity contribution in [2.24, 2.45) is 0 Å². The predicted octanol–water partition coefficient (Wildman–Crippen LogP) is 5.32. The maximum Gasteiger partial charge on any atom is 0.255 e. The molecule has 4 nitrogen and oxygen atoms in total. The van der Waals surface area contributed by atoms with Crippen molar-refractivity contribution >= 4 is 34.7 Å². The molecular formula is C24H27N3OS2. The maximum absolute atomic E-state index is 13.3. The molecule has 1 aliphatic heterocycles. The van der Waals surface area contributed by atoms with Gasteiger partial charge in [0.15, 0.2) is 0 Å². The van der Waals surface area contributed by atoms with Gasteiger partial charge < -0.3 is 9.80 Å². The highest BCUT2D eigenvalue weighted by Gasteiger charge is 2.24. The van der Waals surface area contributed by atoms with Gasteiger partial charge in [0, 0.05) is 47.9 Å². The molecule has 0 bridgehead atoms. The zero-order valence-electron chi connectivity index (χ0n) is 17.7. The van der Waals surface area contributed by atoms with Gasteiger partial charge in [-0.05, 0) is 50.1 Å². The molecule has 1 aromatic heterocycles. The van der Waals surface area contributed by atoms with E-state index in [1.54, 1.807) is 23.1 Å². The van der Waals surface area contributed by atoms with Crippen LogP contribution in [0.3, 0.4) is 0 Å². The Morgan fingerprint density at radius 2 is 1.80 bits per heavy atom. The zero-order chi connectivity index (χ0) is 21.1. The summed E-state index contributed by atoms with van der Waals surface area (Å²) in [7, 11) is 0. The van der Waals surface area contributed by atoms with Crippen LogP contribution in [-0.2, 0) is 5.75 Å². The van der Waals surface area contributed by atoms with Crippen LogP contribution in [0.5, 0.6) is 0 Å². The molecule has 2 heterocycles. The smallest absolute Gasteiger partial charge is 0.255 e. The highest BCUT2D eigenvalue weighted by molar-refractivity contribution is 7.98. The van der Waals surface area contributed by atoms with Gasteiger partial charge in [0.1, 0.15) is 0 Å². The number of carbonyl (C=O) groups is 1. The largest absolute Gasteiger partial charge is 0.368 e. The first-order chi connectivity index (χ1) is 14.5. The second-order valence-corrected chi connectivity index (χ2v) is 9.72. The molecule has 1 fully saturated rings. The molecule has 156 valence electrons. The van der Waals surface area contributed by atoms with Crippen LogP contribution in [0.25, 0.3) is 0 Å². The molecule has 0 atom stereocenters. The molecule has 1 saturated heterocycles. The van der Waals surface area contributed by atoms with E-state index in [2.05, 4.69) is 47.3 Å². The summed E-state index contributed by atoms with van der Waals surface area (Å²) in [4.78, 5) is 23.2. The molecule has 6 heteroatoms. The number of amides is 1. The summed E-state index contributed by atoms with van der Waals surface area (Å²) in [6, 6.07) is 14.4. The van der Waals surface area contributed by atoms with Gasteiger partial charge in [-0.1, -0.05) is 24.3 Å². The number of aromatic nitrogens is 1. The number of hydrogen-bond acceptors (Lipinski definition) is 5. The van der Waals surface area contributed by atoms with Crippen molar-refractivity contribution in [3.8, 4) is 0 Å². The number of nitrogens with zero attached hydrogens (tertiary/aromatic N) is 3. The van der Waals surface area contributed by atoms with Crippen LogP contribution >= 0.6 is 23.1 Å². The minimum atomic E-state index is 0.133. The first kappa shape index (κ1) is 20.9. The summed E-state index contributed by atoms with van der Waals surface area (Å²) in [5, 5.41) is 3.18. The molecule has 0 spiro atoms. The third-order valence-corrected chi connectivity index (χ3v) is 7.57. The molecule has 0 radical (unpaired) electrons. The van der Waals surface area contributed by atoms with E-state index in [0.29, 0.717) is 0 Å². The van der Waals surface area contributed by atoms with E-state index in [-0.39, 0.29) is 5.91 Å². The fourth-order valence-corrected chi connectivity index (χ4v) is 5.45. The van der Waals surface area contributed by atoms with Gasteiger partial charge in [0.2, 0.25) is 0 Å². The Balaban J connectivity index is 1.42. The second kappa shape index (κ2) is 9.23. The molecule has 0 saturated carbocycles. The number of thiazole rings is 1. The van der Waals surface area contributed by atoms with Gasteiger partial charge in [0.25, 0.3) is 5.91 Å². The van der Waals surface area contributed by atoms with Crippen molar-refractivity contribution in [2.45, 2.75) is 31.4 Å². The van der Waals surface area contributed by atoms with Crippen molar-refractivity contribution in [3.05, 3.63) is 75.2 Å². The summed E-state index contributed by atoms with van der Waals surface area (Å²) in [5.74, 6) is 0.919. The molecule has 1 aliphatic rings. The number of benzene rings is 2. The molecule has 30 heavy (non-hydrogen) atoms. The van der Waals surface area contributed by atoms with Crippen molar-refractivity contribution in [3.63, 3.8) is 0 Å². The van der Waals surface area contributed by atoms with E-state index < -0.39 is 0 Å². The van der Waals surface area contributed by atoms with Crippen molar-refractivity contribution in [1.29, 1.82) is 0 Å². The van der Waals surface area contributed by atoms with Gasteiger partial charge in [0.05, 0.1) is 16.3 Å². The first-order valence-electron chi connectivity index (χ1n) is 10.3. The molecule has 0 N–H and O–H groups in total. The average molecular weight is 438 g/mol. The Kier molecular flexibility index (Phi) is 6.44. The Labute approximate surface area is 186 Å². The average Bonchev–Trinajstić information content (AvgIpc) is 3.19. The minimum Gasteiger partial charge on any atom is -0.368 e. The number of piperazine rings is 1. The molecular weight excluding hydrogens is 410 g/mol. The second-order valence-electron chi connectivity index (χ2n) is 7.64. The fraction of sp³-hybridized carbons (Fsp3) is 0.333. The van der Waals surface area contributed by atoms with Gasteiger partial charge in [-0.15, -0.1) is 23.1 Å². The van der Waals surface area contributed by atoms with Gasteiger partial charge in [-0.25, -0.2) is 4.98 Å². The Morgan fingerprint density at radius 3 is 2.53 bits per heavy atom. The molecule has 3 aromatic rings. The fourth-order valence-electron chi connectivity index (χ4n) is 3.79. The maximum atomic E-state index is 13.3.